The third-order valence-corrected chi connectivity index (χ3v) is 6.08. The van der Waals surface area contributed by atoms with E-state index < -0.39 is 0 Å². The maximum atomic E-state index is 12.4. The number of aldehydes is 1. The Bertz CT molecular complexity index is 709. The second-order valence-corrected chi connectivity index (χ2v) is 8.43. The molecule has 6 heteroatoms. The van der Waals surface area contributed by atoms with Gasteiger partial charge in [-0.25, -0.2) is 4.79 Å². The van der Waals surface area contributed by atoms with Gasteiger partial charge in [-0.1, -0.05) is 6.07 Å². The minimum absolute atomic E-state index is 0.0622. The fourth-order valence-electron chi connectivity index (χ4n) is 4.40. The number of carbonyl (C=O) groups excluding carboxylic acids is 2. The van der Waals surface area contributed by atoms with Crippen molar-refractivity contribution in [3.63, 3.8) is 0 Å². The van der Waals surface area contributed by atoms with Crippen molar-refractivity contribution >= 4 is 12.3 Å². The summed E-state index contributed by atoms with van der Waals surface area (Å²) in [4.78, 5) is 26.6. The maximum Gasteiger partial charge on any atom is 0.320 e. The van der Waals surface area contributed by atoms with Crippen LogP contribution in [0.25, 0.3) is 0 Å². The van der Waals surface area contributed by atoms with Crippen molar-refractivity contribution in [1.82, 2.24) is 9.80 Å². The number of nitrogens with two attached hydrogens (primary N) is 1. The molecule has 146 valence electrons. The van der Waals surface area contributed by atoms with Gasteiger partial charge in [-0.2, -0.15) is 0 Å². The van der Waals surface area contributed by atoms with Gasteiger partial charge in [0.05, 0.1) is 12.1 Å². The summed E-state index contributed by atoms with van der Waals surface area (Å²) in [5.41, 5.74) is 8.69. The first-order valence-corrected chi connectivity index (χ1v) is 10.1. The number of hydrogen-bond acceptors (Lipinski definition) is 4. The monoisotopic (exact) mass is 371 g/mol. The molecule has 2 fully saturated rings. The van der Waals surface area contributed by atoms with E-state index >= 15 is 0 Å². The Morgan fingerprint density at radius 1 is 1.19 bits per heavy atom. The summed E-state index contributed by atoms with van der Waals surface area (Å²) in [6.07, 6.45) is 6.91. The highest BCUT2D eigenvalue weighted by Gasteiger charge is 2.44. The molecule has 0 aromatic heterocycles. The molecule has 3 aliphatic rings. The van der Waals surface area contributed by atoms with Crippen LogP contribution in [0, 0.1) is 5.92 Å². The molecule has 0 radical (unpaired) electrons. The van der Waals surface area contributed by atoms with Crippen LogP contribution in [0.1, 0.15) is 36.8 Å². The summed E-state index contributed by atoms with van der Waals surface area (Å²) < 4.78 is 5.98. The number of rotatable bonds is 6. The Morgan fingerprint density at radius 2 is 1.93 bits per heavy atom. The van der Waals surface area contributed by atoms with E-state index in [1.165, 1.54) is 30.4 Å². The summed E-state index contributed by atoms with van der Waals surface area (Å²) in [6, 6.07) is 6.53. The van der Waals surface area contributed by atoms with Crippen molar-refractivity contribution < 1.29 is 14.3 Å². The Kier molecular flexibility index (Phi) is 5.08. The van der Waals surface area contributed by atoms with Crippen LogP contribution >= 0.6 is 0 Å². The second kappa shape index (κ2) is 7.50. The Balaban J connectivity index is 1.18. The lowest BCUT2D eigenvalue weighted by Crippen LogP contribution is -2.71. The first-order chi connectivity index (χ1) is 13.1. The average Bonchev–Trinajstić information content (AvgIpc) is 2.62. The number of likely N-dealkylation sites (tertiary alicyclic amines) is 2. The minimum Gasteiger partial charge on any atom is -0.493 e. The molecule has 2 aliphatic heterocycles. The molecule has 27 heavy (non-hydrogen) atoms. The van der Waals surface area contributed by atoms with Gasteiger partial charge in [0.25, 0.3) is 0 Å². The van der Waals surface area contributed by atoms with Crippen LogP contribution in [0.2, 0.25) is 0 Å². The highest BCUT2D eigenvalue weighted by molar-refractivity contribution is 5.76. The standard InChI is InChI=1S/C21H29N3O3/c22-21(8-3-9-25)14-24(15-21)20(26)23-11-16(12-23)13-27-19-7-6-17-4-1-2-5-18(17)10-19/h6-7,9-10,16H,1-5,8,11-15,22H2. The molecule has 2 N–H and O–H groups in total. The first-order valence-electron chi connectivity index (χ1n) is 10.1. The summed E-state index contributed by atoms with van der Waals surface area (Å²) in [6.45, 7) is 3.24. The van der Waals surface area contributed by atoms with Gasteiger partial charge in [0.15, 0.2) is 0 Å². The topological polar surface area (TPSA) is 75.9 Å². The molecule has 2 saturated heterocycles. The molecular weight excluding hydrogens is 342 g/mol. The Hall–Kier alpha value is -2.08. The number of fused-ring (bicyclic) bond motifs is 1. The molecular formula is C21H29N3O3. The largest absolute Gasteiger partial charge is 0.493 e. The van der Waals surface area contributed by atoms with E-state index in [1.807, 2.05) is 4.90 Å². The van der Waals surface area contributed by atoms with Crippen LogP contribution < -0.4 is 10.5 Å². The zero-order valence-electron chi connectivity index (χ0n) is 15.9. The summed E-state index contributed by atoms with van der Waals surface area (Å²) in [5, 5.41) is 0. The van der Waals surface area contributed by atoms with Gasteiger partial charge in [-0.3, -0.25) is 0 Å². The number of urea groups is 1. The number of carbonyl (C=O) groups is 2. The summed E-state index contributed by atoms with van der Waals surface area (Å²) >= 11 is 0. The van der Waals surface area contributed by atoms with Gasteiger partial charge >= 0.3 is 6.03 Å². The fourth-order valence-corrected chi connectivity index (χ4v) is 4.40. The average molecular weight is 371 g/mol. The predicted molar refractivity (Wildman–Crippen MR) is 103 cm³/mol. The smallest absolute Gasteiger partial charge is 0.320 e. The van der Waals surface area contributed by atoms with Crippen molar-refractivity contribution in [2.24, 2.45) is 11.7 Å². The molecule has 1 aromatic rings. The number of aryl methyl sites for hydroxylation is 2. The van der Waals surface area contributed by atoms with E-state index in [4.69, 9.17) is 10.5 Å². The zero-order chi connectivity index (χ0) is 18.9. The normalized spacial score (nSPS) is 21.1. The molecule has 2 heterocycles. The molecule has 6 nitrogen and oxygen atoms in total. The molecule has 0 saturated carbocycles. The van der Waals surface area contributed by atoms with E-state index in [0.717, 1.165) is 31.5 Å². The molecule has 0 bridgehead atoms. The fraction of sp³-hybridized carbons (Fsp3) is 0.619. The number of amides is 2. The minimum atomic E-state index is -0.379. The lowest BCUT2D eigenvalue weighted by atomic mass is 9.86. The molecule has 1 aliphatic carbocycles. The van der Waals surface area contributed by atoms with E-state index in [-0.39, 0.29) is 11.6 Å². The highest BCUT2D eigenvalue weighted by atomic mass is 16.5. The van der Waals surface area contributed by atoms with Crippen LogP contribution in [0.3, 0.4) is 0 Å². The second-order valence-electron chi connectivity index (χ2n) is 8.43. The predicted octanol–water partition coefficient (Wildman–Crippen LogP) is 1.99. The van der Waals surface area contributed by atoms with Crippen molar-refractivity contribution in [3.05, 3.63) is 29.3 Å². The van der Waals surface area contributed by atoms with Crippen LogP contribution in [-0.4, -0.2) is 60.4 Å². The van der Waals surface area contributed by atoms with Gasteiger partial charge in [0, 0.05) is 38.5 Å². The van der Waals surface area contributed by atoms with E-state index in [2.05, 4.69) is 18.2 Å². The van der Waals surface area contributed by atoms with Gasteiger partial charge in [0.1, 0.15) is 12.0 Å². The molecule has 0 atom stereocenters. The molecule has 2 amide bonds. The third kappa shape index (κ3) is 3.95. The van der Waals surface area contributed by atoms with Crippen LogP contribution in [-0.2, 0) is 17.6 Å². The third-order valence-electron chi connectivity index (χ3n) is 6.08. The summed E-state index contributed by atoms with van der Waals surface area (Å²) in [5.74, 6) is 1.34. The van der Waals surface area contributed by atoms with Crippen LogP contribution in [0.4, 0.5) is 4.79 Å². The maximum absolute atomic E-state index is 12.4. The van der Waals surface area contributed by atoms with E-state index in [9.17, 15) is 9.59 Å². The Morgan fingerprint density at radius 3 is 2.67 bits per heavy atom. The number of benzene rings is 1. The van der Waals surface area contributed by atoms with Gasteiger partial charge in [-0.05, 0) is 55.4 Å². The molecule has 0 unspecified atom stereocenters. The Labute approximate surface area is 160 Å². The lowest BCUT2D eigenvalue weighted by Gasteiger charge is -2.51. The van der Waals surface area contributed by atoms with Crippen molar-refractivity contribution in [2.75, 3.05) is 32.8 Å². The number of ether oxygens (including phenoxy) is 1. The van der Waals surface area contributed by atoms with Gasteiger partial charge < -0.3 is 25.1 Å². The summed E-state index contributed by atoms with van der Waals surface area (Å²) in [7, 11) is 0. The van der Waals surface area contributed by atoms with Crippen molar-refractivity contribution in [2.45, 2.75) is 44.1 Å². The van der Waals surface area contributed by atoms with Crippen LogP contribution in [0.15, 0.2) is 18.2 Å². The molecule has 1 aromatic carbocycles. The van der Waals surface area contributed by atoms with Crippen molar-refractivity contribution in [3.8, 4) is 5.75 Å². The van der Waals surface area contributed by atoms with Gasteiger partial charge in [-0.15, -0.1) is 0 Å². The van der Waals surface area contributed by atoms with E-state index in [0.29, 0.717) is 38.5 Å². The SMILES string of the molecule is NC1(CCC=O)CN(C(=O)N2CC(COc3ccc4c(c3)CCCC4)C2)C1. The van der Waals surface area contributed by atoms with E-state index in [1.54, 1.807) is 4.90 Å². The lowest BCUT2D eigenvalue weighted by molar-refractivity contribution is -0.108. The first kappa shape index (κ1) is 18.3. The molecule has 0 spiro atoms. The number of nitrogens with zero attached hydrogens (tertiary/aromatic N) is 2. The highest BCUT2D eigenvalue weighted by Crippen LogP contribution is 2.28. The molecule has 4 rings (SSSR count). The van der Waals surface area contributed by atoms with Gasteiger partial charge in [0.2, 0.25) is 0 Å². The van der Waals surface area contributed by atoms with Crippen LogP contribution in [0.5, 0.6) is 5.75 Å². The van der Waals surface area contributed by atoms with Crippen molar-refractivity contribution in [1.29, 1.82) is 0 Å². The zero-order valence-corrected chi connectivity index (χ0v) is 15.9. The quantitative estimate of drug-likeness (QED) is 0.776. The number of hydrogen-bond donors (Lipinski definition) is 1.